The Balaban J connectivity index is 1.67. The summed E-state index contributed by atoms with van der Waals surface area (Å²) >= 11 is 6.04. The first kappa shape index (κ1) is 18.2. The van der Waals surface area contributed by atoms with Gasteiger partial charge in [-0.25, -0.2) is 4.98 Å². The van der Waals surface area contributed by atoms with Gasteiger partial charge in [-0.1, -0.05) is 54.1 Å². The van der Waals surface area contributed by atoms with Gasteiger partial charge in [0.25, 0.3) is 0 Å². The Kier molecular flexibility index (Phi) is 4.70. The molecular formula is C23H21ClN4O. The Bertz CT molecular complexity index is 1140. The molecule has 1 saturated heterocycles. The van der Waals surface area contributed by atoms with Gasteiger partial charge in [0, 0.05) is 41.4 Å². The van der Waals surface area contributed by atoms with E-state index in [1.54, 1.807) is 0 Å². The fourth-order valence-corrected chi connectivity index (χ4v) is 3.99. The highest BCUT2D eigenvalue weighted by Gasteiger charge is 2.22. The number of aliphatic hydroxyl groups excluding tert-OH is 1. The van der Waals surface area contributed by atoms with Crippen molar-refractivity contribution in [3.05, 3.63) is 71.8 Å². The van der Waals surface area contributed by atoms with Gasteiger partial charge < -0.3 is 10.0 Å². The van der Waals surface area contributed by atoms with Crippen molar-refractivity contribution in [2.24, 2.45) is 0 Å². The van der Waals surface area contributed by atoms with Crippen LogP contribution in [0.1, 0.15) is 12.8 Å². The summed E-state index contributed by atoms with van der Waals surface area (Å²) in [5, 5.41) is 15.7. The van der Waals surface area contributed by atoms with Crippen LogP contribution in [-0.2, 0) is 0 Å². The molecular weight excluding hydrogens is 384 g/mol. The standard InChI is InChI=1S/C23H21ClN4O/c24-18-10-8-17(9-11-18)21-13-22-25-20(16-5-2-1-3-6-16)14-23(28(22)26-21)27-12-4-7-19(29)15-27/h1-3,5-6,8-11,13-14,19,29H,4,7,12,15H2. The van der Waals surface area contributed by atoms with Crippen LogP contribution >= 0.6 is 11.6 Å². The van der Waals surface area contributed by atoms with Gasteiger partial charge in [-0.15, -0.1) is 0 Å². The number of rotatable bonds is 3. The minimum absolute atomic E-state index is 0.321. The molecule has 2 aromatic carbocycles. The Hall–Kier alpha value is -2.89. The SMILES string of the molecule is OC1CCCN(c2cc(-c3ccccc3)nc3cc(-c4ccc(Cl)cc4)nn23)C1. The van der Waals surface area contributed by atoms with E-state index in [1.807, 2.05) is 53.0 Å². The third-order valence-electron chi connectivity index (χ3n) is 5.34. The molecule has 1 fully saturated rings. The fraction of sp³-hybridized carbons (Fsp3) is 0.217. The van der Waals surface area contributed by atoms with Gasteiger partial charge in [-0.05, 0) is 25.0 Å². The van der Waals surface area contributed by atoms with E-state index in [0.29, 0.717) is 11.6 Å². The molecule has 0 amide bonds. The topological polar surface area (TPSA) is 53.7 Å². The molecule has 0 spiro atoms. The molecule has 6 heteroatoms. The molecule has 29 heavy (non-hydrogen) atoms. The largest absolute Gasteiger partial charge is 0.391 e. The lowest BCUT2D eigenvalue weighted by molar-refractivity contribution is 0.153. The first-order chi connectivity index (χ1) is 14.2. The molecule has 1 aliphatic heterocycles. The second-order valence-corrected chi connectivity index (χ2v) is 7.85. The van der Waals surface area contributed by atoms with Crippen molar-refractivity contribution < 1.29 is 5.11 Å². The first-order valence-corrected chi connectivity index (χ1v) is 10.2. The lowest BCUT2D eigenvalue weighted by atomic mass is 10.1. The monoisotopic (exact) mass is 404 g/mol. The molecule has 1 unspecified atom stereocenters. The number of aromatic nitrogens is 3. The lowest BCUT2D eigenvalue weighted by Crippen LogP contribution is -2.39. The number of halogens is 1. The van der Waals surface area contributed by atoms with Gasteiger partial charge in [-0.2, -0.15) is 9.61 Å². The molecule has 1 N–H and O–H groups in total. The van der Waals surface area contributed by atoms with Crippen LogP contribution in [0.5, 0.6) is 0 Å². The number of anilines is 1. The van der Waals surface area contributed by atoms with Crippen LogP contribution < -0.4 is 4.90 Å². The molecule has 0 bridgehead atoms. The number of hydrogen-bond acceptors (Lipinski definition) is 4. The average molecular weight is 405 g/mol. The van der Waals surface area contributed by atoms with E-state index in [9.17, 15) is 5.11 Å². The zero-order valence-electron chi connectivity index (χ0n) is 15.9. The van der Waals surface area contributed by atoms with E-state index in [0.717, 1.165) is 53.4 Å². The molecule has 5 nitrogen and oxygen atoms in total. The number of β-amino-alcohol motifs (C(OH)–C–C–N with tert-alkyl or cyclic N) is 1. The third kappa shape index (κ3) is 3.59. The van der Waals surface area contributed by atoms with Crippen molar-refractivity contribution in [3.8, 4) is 22.5 Å². The van der Waals surface area contributed by atoms with Gasteiger partial charge in [0.05, 0.1) is 17.5 Å². The van der Waals surface area contributed by atoms with E-state index in [1.165, 1.54) is 0 Å². The maximum Gasteiger partial charge on any atom is 0.158 e. The van der Waals surface area contributed by atoms with Crippen molar-refractivity contribution in [3.63, 3.8) is 0 Å². The van der Waals surface area contributed by atoms with Crippen LogP contribution in [0.2, 0.25) is 5.02 Å². The fourth-order valence-electron chi connectivity index (χ4n) is 3.87. The summed E-state index contributed by atoms with van der Waals surface area (Å²) in [6.07, 6.45) is 1.47. The summed E-state index contributed by atoms with van der Waals surface area (Å²) in [6, 6.07) is 21.9. The Morgan fingerprint density at radius 1 is 0.931 bits per heavy atom. The number of hydrogen-bond donors (Lipinski definition) is 1. The van der Waals surface area contributed by atoms with Crippen LogP contribution in [0, 0.1) is 0 Å². The number of fused-ring (bicyclic) bond motifs is 1. The van der Waals surface area contributed by atoms with Crippen LogP contribution in [0.4, 0.5) is 5.82 Å². The minimum Gasteiger partial charge on any atom is -0.391 e. The Morgan fingerprint density at radius 3 is 2.45 bits per heavy atom. The second-order valence-electron chi connectivity index (χ2n) is 7.41. The van der Waals surface area contributed by atoms with Gasteiger partial charge in [0.15, 0.2) is 5.65 Å². The van der Waals surface area contributed by atoms with Crippen molar-refractivity contribution in [1.82, 2.24) is 14.6 Å². The zero-order valence-corrected chi connectivity index (χ0v) is 16.6. The summed E-state index contributed by atoms with van der Waals surface area (Å²) in [7, 11) is 0. The highest BCUT2D eigenvalue weighted by molar-refractivity contribution is 6.30. The Morgan fingerprint density at radius 2 is 1.69 bits per heavy atom. The number of piperidine rings is 1. The average Bonchev–Trinajstić information content (AvgIpc) is 3.18. The van der Waals surface area contributed by atoms with Gasteiger partial charge >= 0.3 is 0 Å². The maximum atomic E-state index is 10.2. The minimum atomic E-state index is -0.321. The van der Waals surface area contributed by atoms with Crippen LogP contribution in [0.15, 0.2) is 66.7 Å². The number of aliphatic hydroxyl groups is 1. The molecule has 1 atom stereocenters. The van der Waals surface area contributed by atoms with E-state index < -0.39 is 0 Å². The van der Waals surface area contributed by atoms with E-state index in [-0.39, 0.29) is 6.10 Å². The molecule has 0 radical (unpaired) electrons. The third-order valence-corrected chi connectivity index (χ3v) is 5.59. The smallest absolute Gasteiger partial charge is 0.158 e. The summed E-state index contributed by atoms with van der Waals surface area (Å²) in [4.78, 5) is 7.07. The van der Waals surface area contributed by atoms with Gasteiger partial charge in [0.2, 0.25) is 0 Å². The molecule has 146 valence electrons. The van der Waals surface area contributed by atoms with Gasteiger partial charge in [-0.3, -0.25) is 0 Å². The first-order valence-electron chi connectivity index (χ1n) is 9.82. The summed E-state index contributed by atoms with van der Waals surface area (Å²) in [5.74, 6) is 0.952. The van der Waals surface area contributed by atoms with Gasteiger partial charge in [0.1, 0.15) is 5.82 Å². The van der Waals surface area contributed by atoms with Crippen molar-refractivity contribution in [2.45, 2.75) is 18.9 Å². The van der Waals surface area contributed by atoms with Crippen molar-refractivity contribution >= 4 is 23.1 Å². The normalized spacial score (nSPS) is 17.0. The Labute approximate surface area is 174 Å². The summed E-state index contributed by atoms with van der Waals surface area (Å²) in [5.41, 5.74) is 4.58. The summed E-state index contributed by atoms with van der Waals surface area (Å²) < 4.78 is 1.88. The molecule has 5 rings (SSSR count). The number of nitrogens with zero attached hydrogens (tertiary/aromatic N) is 4. The maximum absolute atomic E-state index is 10.2. The van der Waals surface area contributed by atoms with Crippen molar-refractivity contribution in [2.75, 3.05) is 18.0 Å². The molecule has 0 aliphatic carbocycles. The van der Waals surface area contributed by atoms with E-state index in [4.69, 9.17) is 21.7 Å². The quantitative estimate of drug-likeness (QED) is 0.538. The van der Waals surface area contributed by atoms with E-state index >= 15 is 0 Å². The molecule has 3 heterocycles. The van der Waals surface area contributed by atoms with E-state index in [2.05, 4.69) is 23.1 Å². The predicted molar refractivity (Wildman–Crippen MR) is 116 cm³/mol. The highest BCUT2D eigenvalue weighted by atomic mass is 35.5. The molecule has 4 aromatic rings. The van der Waals surface area contributed by atoms with Crippen molar-refractivity contribution in [1.29, 1.82) is 0 Å². The van der Waals surface area contributed by atoms with Crippen LogP contribution in [0.3, 0.4) is 0 Å². The summed E-state index contributed by atoms with van der Waals surface area (Å²) in [6.45, 7) is 1.49. The predicted octanol–water partition coefficient (Wildman–Crippen LogP) is 4.68. The van der Waals surface area contributed by atoms with Crippen LogP contribution in [-0.4, -0.2) is 38.9 Å². The number of benzene rings is 2. The molecule has 0 saturated carbocycles. The highest BCUT2D eigenvalue weighted by Crippen LogP contribution is 2.29. The molecule has 1 aliphatic rings. The zero-order chi connectivity index (χ0) is 19.8. The second kappa shape index (κ2) is 7.50. The lowest BCUT2D eigenvalue weighted by Gasteiger charge is -2.32. The molecule has 2 aromatic heterocycles. The van der Waals surface area contributed by atoms with Crippen LogP contribution in [0.25, 0.3) is 28.2 Å².